The van der Waals surface area contributed by atoms with E-state index in [0.29, 0.717) is 17.5 Å². The van der Waals surface area contributed by atoms with E-state index in [-0.39, 0.29) is 10.3 Å². The molecule has 3 atom stereocenters. The van der Waals surface area contributed by atoms with E-state index in [0.717, 1.165) is 24.2 Å². The minimum Gasteiger partial charge on any atom is -0.323 e. The average molecular weight is 327 g/mol. The number of aromatic nitrogens is 2. The minimum atomic E-state index is -3.30. The lowest BCUT2D eigenvalue weighted by Crippen LogP contribution is -2.03. The zero-order valence-corrected chi connectivity index (χ0v) is 13.9. The monoisotopic (exact) mass is 326 g/mol. The van der Waals surface area contributed by atoms with Crippen LogP contribution in [0, 0.1) is 5.92 Å². The Balaban J connectivity index is 2.28. The van der Waals surface area contributed by atoms with Crippen molar-refractivity contribution in [2.75, 3.05) is 6.26 Å². The molecule has 4 nitrogen and oxygen atoms in total. The van der Waals surface area contributed by atoms with Gasteiger partial charge in [0.15, 0.2) is 9.84 Å². The summed E-state index contributed by atoms with van der Waals surface area (Å²) in [6, 6.07) is 5.72. The topological polar surface area (TPSA) is 52.0 Å². The molecule has 0 spiro atoms. The summed E-state index contributed by atoms with van der Waals surface area (Å²) < 4.78 is 26.1. The molecule has 1 aromatic carbocycles. The van der Waals surface area contributed by atoms with Gasteiger partial charge in [-0.2, -0.15) is 0 Å². The van der Waals surface area contributed by atoms with Gasteiger partial charge in [-0.1, -0.05) is 19.4 Å². The lowest BCUT2D eigenvalue weighted by Gasteiger charge is -2.10. The number of imidazole rings is 1. The van der Waals surface area contributed by atoms with Gasteiger partial charge in [0.1, 0.15) is 11.3 Å². The Labute approximate surface area is 130 Å². The predicted octanol–water partition coefficient (Wildman–Crippen LogP) is 3.71. The van der Waals surface area contributed by atoms with Gasteiger partial charge >= 0.3 is 0 Å². The number of para-hydroxylation sites is 1. The first-order valence-electron chi connectivity index (χ1n) is 7.19. The van der Waals surface area contributed by atoms with E-state index in [1.54, 1.807) is 12.1 Å². The smallest absolute Gasteiger partial charge is 0.177 e. The number of alkyl halides is 1. The molecular weight excluding hydrogens is 308 g/mol. The van der Waals surface area contributed by atoms with Crippen LogP contribution >= 0.6 is 11.6 Å². The van der Waals surface area contributed by atoms with Crippen LogP contribution in [0.25, 0.3) is 11.0 Å². The highest BCUT2D eigenvalue weighted by Crippen LogP contribution is 2.49. The Morgan fingerprint density at radius 3 is 2.71 bits per heavy atom. The standard InChI is InChI=1S/C15H19ClN2O2S/c1-4-10-8-12(10)18-11-6-5-7-13(21(3,19)20)14(11)17-15(18)9(2)16/h5-7,9-10,12H,4,8H2,1-3H3. The van der Waals surface area contributed by atoms with E-state index in [1.165, 1.54) is 6.26 Å². The molecule has 1 aromatic heterocycles. The van der Waals surface area contributed by atoms with Crippen LogP contribution in [0.5, 0.6) is 0 Å². The van der Waals surface area contributed by atoms with Crippen LogP contribution in [0.1, 0.15) is 43.9 Å². The molecule has 1 aliphatic rings. The van der Waals surface area contributed by atoms with E-state index in [2.05, 4.69) is 16.5 Å². The van der Waals surface area contributed by atoms with Crippen molar-refractivity contribution in [1.82, 2.24) is 9.55 Å². The summed E-state index contributed by atoms with van der Waals surface area (Å²) in [7, 11) is -3.30. The van der Waals surface area contributed by atoms with Crippen molar-refractivity contribution in [1.29, 1.82) is 0 Å². The predicted molar refractivity (Wildman–Crippen MR) is 84.5 cm³/mol. The third kappa shape index (κ3) is 2.46. The van der Waals surface area contributed by atoms with E-state index in [1.807, 2.05) is 13.0 Å². The Bertz CT molecular complexity index is 795. The maximum absolute atomic E-state index is 12.0. The normalized spacial score (nSPS) is 23.4. The summed E-state index contributed by atoms with van der Waals surface area (Å²) in [5, 5.41) is -0.247. The number of hydrogen-bond acceptors (Lipinski definition) is 3. The average Bonchev–Trinajstić information content (AvgIpc) is 3.07. The number of sulfone groups is 1. The van der Waals surface area contributed by atoms with Crippen molar-refractivity contribution in [2.24, 2.45) is 5.92 Å². The SMILES string of the molecule is CCC1CC1n1c(C(C)Cl)nc2c(S(C)(=O)=O)cccc21. The Morgan fingerprint density at radius 2 is 2.19 bits per heavy atom. The second kappa shape index (κ2) is 4.99. The molecule has 0 bridgehead atoms. The summed E-state index contributed by atoms with van der Waals surface area (Å²) in [4.78, 5) is 4.84. The lowest BCUT2D eigenvalue weighted by molar-refractivity contribution is 0.602. The lowest BCUT2D eigenvalue weighted by atomic mass is 10.3. The van der Waals surface area contributed by atoms with E-state index in [9.17, 15) is 8.42 Å². The maximum Gasteiger partial charge on any atom is 0.177 e. The minimum absolute atomic E-state index is 0.247. The van der Waals surface area contributed by atoms with Crippen LogP contribution < -0.4 is 0 Å². The van der Waals surface area contributed by atoms with E-state index < -0.39 is 9.84 Å². The van der Waals surface area contributed by atoms with Crippen LogP contribution in [0.2, 0.25) is 0 Å². The maximum atomic E-state index is 12.0. The Kier molecular flexibility index (Phi) is 3.53. The number of fused-ring (bicyclic) bond motifs is 1. The van der Waals surface area contributed by atoms with Crippen LogP contribution in [0.3, 0.4) is 0 Å². The first-order chi connectivity index (χ1) is 9.84. The quantitative estimate of drug-likeness (QED) is 0.805. The molecule has 0 amide bonds. The molecule has 1 saturated carbocycles. The van der Waals surface area contributed by atoms with Crippen molar-refractivity contribution in [2.45, 2.75) is 43.0 Å². The van der Waals surface area contributed by atoms with Crippen molar-refractivity contribution < 1.29 is 8.42 Å². The summed E-state index contributed by atoms with van der Waals surface area (Å²) in [6.45, 7) is 4.05. The van der Waals surface area contributed by atoms with Gasteiger partial charge in [-0.25, -0.2) is 13.4 Å². The number of benzene rings is 1. The zero-order valence-electron chi connectivity index (χ0n) is 12.4. The Hall–Kier alpha value is -1.07. The molecule has 1 aliphatic carbocycles. The van der Waals surface area contributed by atoms with Crippen molar-refractivity contribution in [3.05, 3.63) is 24.0 Å². The van der Waals surface area contributed by atoms with E-state index >= 15 is 0 Å². The molecule has 2 aromatic rings. The van der Waals surface area contributed by atoms with Crippen LogP contribution in [-0.4, -0.2) is 24.2 Å². The van der Waals surface area contributed by atoms with Gasteiger partial charge in [-0.15, -0.1) is 11.6 Å². The first kappa shape index (κ1) is 14.9. The Morgan fingerprint density at radius 1 is 1.48 bits per heavy atom. The largest absolute Gasteiger partial charge is 0.323 e. The van der Waals surface area contributed by atoms with E-state index in [4.69, 9.17) is 11.6 Å². The summed E-state index contributed by atoms with van der Waals surface area (Å²) in [5.74, 6) is 1.40. The van der Waals surface area contributed by atoms with Crippen LogP contribution in [-0.2, 0) is 9.84 Å². The van der Waals surface area contributed by atoms with Crippen molar-refractivity contribution in [3.8, 4) is 0 Å². The molecule has 0 radical (unpaired) electrons. The highest BCUT2D eigenvalue weighted by molar-refractivity contribution is 7.91. The first-order valence-corrected chi connectivity index (χ1v) is 9.52. The molecule has 0 aliphatic heterocycles. The second-order valence-electron chi connectivity index (χ2n) is 5.82. The number of halogens is 1. The fraction of sp³-hybridized carbons (Fsp3) is 0.533. The van der Waals surface area contributed by atoms with Gasteiger partial charge in [-0.05, 0) is 31.4 Å². The molecular formula is C15H19ClN2O2S. The summed E-state index contributed by atoms with van der Waals surface area (Å²) in [5.41, 5.74) is 1.42. The third-order valence-corrected chi connectivity index (χ3v) is 5.53. The fourth-order valence-corrected chi connectivity index (χ4v) is 4.01. The second-order valence-corrected chi connectivity index (χ2v) is 8.46. The van der Waals surface area contributed by atoms with Gasteiger partial charge < -0.3 is 4.57 Å². The van der Waals surface area contributed by atoms with Gasteiger partial charge in [0.25, 0.3) is 0 Å². The van der Waals surface area contributed by atoms with Gasteiger partial charge in [0, 0.05) is 12.3 Å². The fourth-order valence-electron chi connectivity index (χ4n) is 3.02. The highest BCUT2D eigenvalue weighted by atomic mass is 35.5. The number of nitrogens with zero attached hydrogens (tertiary/aromatic N) is 2. The van der Waals surface area contributed by atoms with Crippen molar-refractivity contribution in [3.63, 3.8) is 0 Å². The van der Waals surface area contributed by atoms with Crippen LogP contribution in [0.15, 0.2) is 23.1 Å². The third-order valence-electron chi connectivity index (χ3n) is 4.21. The summed E-state index contributed by atoms with van der Waals surface area (Å²) >= 11 is 6.28. The molecule has 1 fully saturated rings. The van der Waals surface area contributed by atoms with Gasteiger partial charge in [0.05, 0.1) is 15.8 Å². The molecule has 114 valence electrons. The molecule has 0 saturated heterocycles. The van der Waals surface area contributed by atoms with Crippen molar-refractivity contribution >= 4 is 32.5 Å². The molecule has 21 heavy (non-hydrogen) atoms. The summed E-state index contributed by atoms with van der Waals surface area (Å²) in [6.07, 6.45) is 3.45. The molecule has 6 heteroatoms. The molecule has 3 rings (SSSR count). The molecule has 0 N–H and O–H groups in total. The molecule has 1 heterocycles. The highest BCUT2D eigenvalue weighted by Gasteiger charge is 2.40. The number of rotatable bonds is 4. The van der Waals surface area contributed by atoms with Crippen LogP contribution in [0.4, 0.5) is 0 Å². The number of hydrogen-bond donors (Lipinski definition) is 0. The van der Waals surface area contributed by atoms with Gasteiger partial charge in [-0.3, -0.25) is 0 Å². The van der Waals surface area contributed by atoms with Gasteiger partial charge in [0.2, 0.25) is 0 Å². The molecule has 3 unspecified atom stereocenters. The zero-order chi connectivity index (χ0) is 15.4.